The van der Waals surface area contributed by atoms with E-state index in [1.165, 1.54) is 12.1 Å². The summed E-state index contributed by atoms with van der Waals surface area (Å²) in [5, 5.41) is 15.8. The van der Waals surface area contributed by atoms with Gasteiger partial charge in [-0.3, -0.25) is 14.9 Å². The Bertz CT molecular complexity index is 638. The Balaban J connectivity index is 2.26. The normalized spacial score (nSPS) is 12.1. The van der Waals surface area contributed by atoms with Crippen LogP contribution < -0.4 is 5.32 Å². The molecule has 0 aliphatic carbocycles. The van der Waals surface area contributed by atoms with Crippen LogP contribution >= 0.6 is 11.3 Å². The minimum absolute atomic E-state index is 0.0877. The molecule has 0 aliphatic heterocycles. The number of nitro benzene ring substituents is 1. The second-order valence-corrected chi connectivity index (χ2v) is 5.96. The van der Waals surface area contributed by atoms with E-state index in [0.29, 0.717) is 0 Å². The first kappa shape index (κ1) is 15.2. The zero-order valence-corrected chi connectivity index (χ0v) is 12.6. The molecule has 0 saturated heterocycles. The van der Waals surface area contributed by atoms with Gasteiger partial charge in [0.25, 0.3) is 11.6 Å². The summed E-state index contributed by atoms with van der Waals surface area (Å²) < 4.78 is 0. The van der Waals surface area contributed by atoms with E-state index in [0.717, 1.165) is 4.88 Å². The molecule has 1 unspecified atom stereocenters. The summed E-state index contributed by atoms with van der Waals surface area (Å²) in [5.74, 6) is -0.232. The highest BCUT2D eigenvalue weighted by Crippen LogP contribution is 2.27. The first-order chi connectivity index (χ1) is 10.0. The summed E-state index contributed by atoms with van der Waals surface area (Å²) in [7, 11) is 0. The molecule has 2 rings (SSSR count). The van der Waals surface area contributed by atoms with Crippen LogP contribution in [0, 0.1) is 16.0 Å². The van der Waals surface area contributed by atoms with Gasteiger partial charge in [-0.25, -0.2) is 0 Å². The molecule has 5 nitrogen and oxygen atoms in total. The van der Waals surface area contributed by atoms with Crippen molar-refractivity contribution in [2.75, 3.05) is 0 Å². The Hall–Kier alpha value is -2.21. The largest absolute Gasteiger partial charge is 0.344 e. The molecular formula is C15H16N2O3S. The number of hydrogen-bond acceptors (Lipinski definition) is 4. The quantitative estimate of drug-likeness (QED) is 0.675. The number of nitro groups is 1. The van der Waals surface area contributed by atoms with E-state index >= 15 is 0 Å². The number of amides is 1. The predicted octanol–water partition coefficient (Wildman–Crippen LogP) is 3.78. The number of thiophene rings is 1. The number of benzene rings is 1. The zero-order valence-electron chi connectivity index (χ0n) is 11.8. The van der Waals surface area contributed by atoms with Crippen LogP contribution in [0.2, 0.25) is 0 Å². The fraction of sp³-hybridized carbons (Fsp3) is 0.267. The molecule has 0 bridgehead atoms. The van der Waals surface area contributed by atoms with Crippen molar-refractivity contribution >= 4 is 22.9 Å². The lowest BCUT2D eigenvalue weighted by atomic mass is 10.0. The molecule has 21 heavy (non-hydrogen) atoms. The van der Waals surface area contributed by atoms with Crippen molar-refractivity contribution in [2.45, 2.75) is 19.9 Å². The van der Waals surface area contributed by atoms with E-state index in [4.69, 9.17) is 0 Å². The summed E-state index contributed by atoms with van der Waals surface area (Å²) in [5.41, 5.74) is -0.0895. The maximum Gasteiger partial charge on any atom is 0.282 e. The van der Waals surface area contributed by atoms with Gasteiger partial charge in [-0.05, 0) is 23.4 Å². The third-order valence-corrected chi connectivity index (χ3v) is 4.10. The van der Waals surface area contributed by atoms with Crippen LogP contribution in [0.1, 0.15) is 35.1 Å². The van der Waals surface area contributed by atoms with Gasteiger partial charge in [0.2, 0.25) is 0 Å². The highest BCUT2D eigenvalue weighted by Gasteiger charge is 2.24. The Morgan fingerprint density at radius 1 is 1.24 bits per heavy atom. The van der Waals surface area contributed by atoms with Gasteiger partial charge in [-0.2, -0.15) is 0 Å². The van der Waals surface area contributed by atoms with Gasteiger partial charge < -0.3 is 5.32 Å². The van der Waals surface area contributed by atoms with Crippen molar-refractivity contribution in [1.29, 1.82) is 0 Å². The standard InChI is InChI=1S/C15H16N2O3S/c1-10(2)14(13-8-5-9-21-13)16-15(18)11-6-3-4-7-12(11)17(19)20/h3-10,14H,1-2H3,(H,16,18). The molecule has 6 heteroatoms. The van der Waals surface area contributed by atoms with E-state index in [9.17, 15) is 14.9 Å². The Labute approximate surface area is 126 Å². The topological polar surface area (TPSA) is 72.2 Å². The number of carbonyl (C=O) groups is 1. The highest BCUT2D eigenvalue weighted by atomic mass is 32.1. The average Bonchev–Trinajstić information content (AvgIpc) is 2.97. The number of rotatable bonds is 5. The van der Waals surface area contributed by atoms with E-state index in [-0.39, 0.29) is 23.2 Å². The molecule has 0 radical (unpaired) electrons. The third-order valence-electron chi connectivity index (χ3n) is 3.15. The van der Waals surface area contributed by atoms with Crippen molar-refractivity contribution < 1.29 is 9.72 Å². The lowest BCUT2D eigenvalue weighted by molar-refractivity contribution is -0.385. The van der Waals surface area contributed by atoms with Crippen molar-refractivity contribution in [3.8, 4) is 0 Å². The van der Waals surface area contributed by atoms with Crippen LogP contribution in [0.3, 0.4) is 0 Å². The maximum atomic E-state index is 12.4. The van der Waals surface area contributed by atoms with Crippen LogP contribution in [0.15, 0.2) is 41.8 Å². The maximum absolute atomic E-state index is 12.4. The van der Waals surface area contributed by atoms with Gasteiger partial charge in [0, 0.05) is 10.9 Å². The molecular weight excluding hydrogens is 288 g/mol. The van der Waals surface area contributed by atoms with Crippen LogP contribution in [-0.4, -0.2) is 10.8 Å². The molecule has 0 spiro atoms. The summed E-state index contributed by atoms with van der Waals surface area (Å²) in [6.45, 7) is 4.01. The predicted molar refractivity (Wildman–Crippen MR) is 82.5 cm³/mol. The van der Waals surface area contributed by atoms with E-state index in [1.54, 1.807) is 23.5 Å². The lowest BCUT2D eigenvalue weighted by Gasteiger charge is -2.21. The first-order valence-corrected chi connectivity index (χ1v) is 7.46. The molecule has 1 amide bonds. The third kappa shape index (κ3) is 3.46. The van der Waals surface area contributed by atoms with Gasteiger partial charge in [0.15, 0.2) is 0 Å². The van der Waals surface area contributed by atoms with Crippen LogP contribution in [0.25, 0.3) is 0 Å². The molecule has 0 fully saturated rings. The van der Waals surface area contributed by atoms with Gasteiger partial charge in [0.05, 0.1) is 11.0 Å². The molecule has 2 aromatic rings. The molecule has 1 N–H and O–H groups in total. The van der Waals surface area contributed by atoms with Gasteiger partial charge in [-0.1, -0.05) is 32.0 Å². The minimum Gasteiger partial charge on any atom is -0.344 e. The fourth-order valence-corrected chi connectivity index (χ4v) is 3.03. The Morgan fingerprint density at radius 3 is 2.52 bits per heavy atom. The number of nitrogens with zero attached hydrogens (tertiary/aromatic N) is 1. The van der Waals surface area contributed by atoms with E-state index in [2.05, 4.69) is 5.32 Å². The average molecular weight is 304 g/mol. The zero-order chi connectivity index (χ0) is 15.4. The SMILES string of the molecule is CC(C)C(NC(=O)c1ccccc1[N+](=O)[O-])c1cccs1. The molecule has 1 heterocycles. The minimum atomic E-state index is -0.537. The van der Waals surface area contributed by atoms with Gasteiger partial charge in [0.1, 0.15) is 5.56 Å². The van der Waals surface area contributed by atoms with E-state index in [1.807, 2.05) is 31.4 Å². The number of hydrogen-bond donors (Lipinski definition) is 1. The van der Waals surface area contributed by atoms with Crippen molar-refractivity contribution in [2.24, 2.45) is 5.92 Å². The molecule has 0 aliphatic rings. The summed E-state index contributed by atoms with van der Waals surface area (Å²) in [6, 6.07) is 9.70. The van der Waals surface area contributed by atoms with Crippen molar-refractivity contribution in [3.05, 3.63) is 62.3 Å². The molecule has 1 atom stereocenters. The number of nitrogens with one attached hydrogen (secondary N) is 1. The van der Waals surface area contributed by atoms with Crippen molar-refractivity contribution in [3.63, 3.8) is 0 Å². The summed E-state index contributed by atoms with van der Waals surface area (Å²) in [6.07, 6.45) is 0. The summed E-state index contributed by atoms with van der Waals surface area (Å²) >= 11 is 1.56. The monoisotopic (exact) mass is 304 g/mol. The second kappa shape index (κ2) is 6.49. The van der Waals surface area contributed by atoms with Crippen LogP contribution in [-0.2, 0) is 0 Å². The van der Waals surface area contributed by atoms with Crippen LogP contribution in [0.5, 0.6) is 0 Å². The smallest absolute Gasteiger partial charge is 0.282 e. The van der Waals surface area contributed by atoms with E-state index < -0.39 is 10.8 Å². The lowest BCUT2D eigenvalue weighted by Crippen LogP contribution is -2.31. The molecule has 1 aromatic carbocycles. The van der Waals surface area contributed by atoms with Gasteiger partial charge in [-0.15, -0.1) is 11.3 Å². The molecule has 0 saturated carbocycles. The van der Waals surface area contributed by atoms with Crippen molar-refractivity contribution in [1.82, 2.24) is 5.32 Å². The second-order valence-electron chi connectivity index (χ2n) is 4.98. The Morgan fingerprint density at radius 2 is 1.95 bits per heavy atom. The fourth-order valence-electron chi connectivity index (χ4n) is 2.08. The van der Waals surface area contributed by atoms with Crippen LogP contribution in [0.4, 0.5) is 5.69 Å². The first-order valence-electron chi connectivity index (χ1n) is 6.58. The number of carbonyl (C=O) groups excluding carboxylic acids is 1. The summed E-state index contributed by atoms with van der Waals surface area (Å²) in [4.78, 5) is 23.9. The number of para-hydroxylation sites is 1. The molecule has 1 aromatic heterocycles. The Kier molecular flexibility index (Phi) is 4.70. The van der Waals surface area contributed by atoms with Gasteiger partial charge >= 0.3 is 0 Å². The molecule has 110 valence electrons. The highest BCUT2D eigenvalue weighted by molar-refractivity contribution is 7.10.